The average Bonchev–Trinajstić information content (AvgIpc) is 2.93. The van der Waals surface area contributed by atoms with Crippen LogP contribution in [0.4, 0.5) is 0 Å². The molecule has 0 unspecified atom stereocenters. The van der Waals surface area contributed by atoms with Crippen LogP contribution in [0.3, 0.4) is 0 Å². The lowest BCUT2D eigenvalue weighted by molar-refractivity contribution is -0.184. The van der Waals surface area contributed by atoms with Crippen molar-refractivity contribution in [2.45, 2.75) is 83.0 Å². The van der Waals surface area contributed by atoms with Crippen LogP contribution in [0.2, 0.25) is 0 Å². The second kappa shape index (κ2) is 6.66. The quantitative estimate of drug-likeness (QED) is 0.672. The van der Waals surface area contributed by atoms with Gasteiger partial charge in [-0.2, -0.15) is 0 Å². The third-order valence-corrected chi connectivity index (χ3v) is 9.68. The van der Waals surface area contributed by atoms with Crippen molar-refractivity contribution in [2.24, 2.45) is 34.5 Å². The molecular formula is C24H34O5. The lowest BCUT2D eigenvalue weighted by atomic mass is 9.43. The topological polar surface area (TPSA) is 90.9 Å². The van der Waals surface area contributed by atoms with Crippen LogP contribution in [0.1, 0.15) is 70.3 Å². The fourth-order valence-electron chi connectivity index (χ4n) is 8.52. The Morgan fingerprint density at radius 2 is 1.72 bits per heavy atom. The molecule has 4 aliphatic rings. The van der Waals surface area contributed by atoms with Crippen molar-refractivity contribution in [3.8, 4) is 0 Å². The van der Waals surface area contributed by atoms with Crippen molar-refractivity contribution in [3.05, 3.63) is 34.4 Å². The normalized spacial score (nSPS) is 51.8. The predicted molar refractivity (Wildman–Crippen MR) is 108 cm³/mol. The molecule has 0 spiro atoms. The van der Waals surface area contributed by atoms with Crippen LogP contribution in [-0.4, -0.2) is 33.6 Å². The molecule has 0 bridgehead atoms. The van der Waals surface area contributed by atoms with Crippen LogP contribution in [0.15, 0.2) is 27.6 Å². The average molecular weight is 403 g/mol. The van der Waals surface area contributed by atoms with E-state index in [1.54, 1.807) is 6.26 Å². The van der Waals surface area contributed by atoms with Gasteiger partial charge in [0.05, 0.1) is 24.6 Å². The van der Waals surface area contributed by atoms with Gasteiger partial charge < -0.3 is 19.7 Å². The zero-order valence-corrected chi connectivity index (χ0v) is 17.5. The summed E-state index contributed by atoms with van der Waals surface area (Å²) in [5.74, 6) is 1.19. The zero-order valence-electron chi connectivity index (χ0n) is 17.5. The van der Waals surface area contributed by atoms with Gasteiger partial charge in [-0.05, 0) is 97.0 Å². The summed E-state index contributed by atoms with van der Waals surface area (Å²) in [4.78, 5) is 11.4. The Labute approximate surface area is 172 Å². The first-order valence-corrected chi connectivity index (χ1v) is 11.4. The van der Waals surface area contributed by atoms with E-state index in [1.165, 1.54) is 6.07 Å². The number of aliphatic hydroxyl groups excluding tert-OH is 3. The summed E-state index contributed by atoms with van der Waals surface area (Å²) >= 11 is 0. The minimum absolute atomic E-state index is 0.0419. The standard InChI is InChI=1S/C24H34O5/c1-23-8-7-15(25)9-14(23)4-5-16-21-18(26)10-17(13-3-6-20(28)29-12-13)24(21,2)11-19(27)22(16)23/h3,6,12,14-19,21-22,25-27H,4-5,7-11H2,1-2H3/t14-,15-,16+,17-,18-,19-,21-,22-,23+,24-/m1/s1. The molecule has 0 aromatic carbocycles. The second-order valence-electron chi connectivity index (χ2n) is 10.9. The monoisotopic (exact) mass is 402 g/mol. The molecule has 1 aromatic heterocycles. The van der Waals surface area contributed by atoms with Crippen LogP contribution in [0, 0.1) is 34.5 Å². The molecule has 4 aliphatic carbocycles. The van der Waals surface area contributed by atoms with Gasteiger partial charge in [0.2, 0.25) is 0 Å². The number of fused-ring (bicyclic) bond motifs is 5. The fourth-order valence-corrected chi connectivity index (χ4v) is 8.52. The van der Waals surface area contributed by atoms with Crippen molar-refractivity contribution < 1.29 is 19.7 Å². The molecule has 4 saturated carbocycles. The Balaban J connectivity index is 1.51. The first kappa shape index (κ1) is 19.8. The Hall–Kier alpha value is -1.17. The summed E-state index contributed by atoms with van der Waals surface area (Å²) in [6.07, 6.45) is 6.60. The van der Waals surface area contributed by atoms with Crippen molar-refractivity contribution in [1.29, 1.82) is 0 Å². The maximum Gasteiger partial charge on any atom is 0.335 e. The van der Waals surface area contributed by atoms with Gasteiger partial charge in [0.15, 0.2) is 0 Å². The van der Waals surface area contributed by atoms with E-state index in [2.05, 4.69) is 13.8 Å². The molecule has 5 rings (SSSR count). The van der Waals surface area contributed by atoms with E-state index in [9.17, 15) is 20.1 Å². The molecule has 160 valence electrons. The molecule has 3 N–H and O–H groups in total. The Morgan fingerprint density at radius 3 is 2.45 bits per heavy atom. The van der Waals surface area contributed by atoms with E-state index >= 15 is 0 Å². The molecule has 4 fully saturated rings. The van der Waals surface area contributed by atoms with Gasteiger partial charge in [0.25, 0.3) is 0 Å². The molecule has 0 aliphatic heterocycles. The lowest BCUT2D eigenvalue weighted by Gasteiger charge is -2.62. The molecule has 5 nitrogen and oxygen atoms in total. The van der Waals surface area contributed by atoms with Gasteiger partial charge in [-0.1, -0.05) is 13.8 Å². The van der Waals surface area contributed by atoms with Crippen LogP contribution >= 0.6 is 0 Å². The summed E-state index contributed by atoms with van der Waals surface area (Å²) in [5.41, 5.74) is 0.431. The minimum atomic E-state index is -0.397. The second-order valence-corrected chi connectivity index (χ2v) is 10.9. The Morgan fingerprint density at radius 1 is 0.966 bits per heavy atom. The number of aliphatic hydroxyl groups is 3. The van der Waals surface area contributed by atoms with Crippen molar-refractivity contribution in [1.82, 2.24) is 0 Å². The van der Waals surface area contributed by atoms with E-state index in [0.29, 0.717) is 24.7 Å². The molecule has 10 atom stereocenters. The third-order valence-electron chi connectivity index (χ3n) is 9.68. The van der Waals surface area contributed by atoms with Gasteiger partial charge in [-0.3, -0.25) is 0 Å². The van der Waals surface area contributed by atoms with Crippen molar-refractivity contribution in [3.63, 3.8) is 0 Å². The highest BCUT2D eigenvalue weighted by Gasteiger charge is 2.65. The number of rotatable bonds is 1. The van der Waals surface area contributed by atoms with Crippen LogP contribution in [0.25, 0.3) is 0 Å². The SMILES string of the molecule is C[C@]12CC[C@@H](O)C[C@H]1CC[C@@H]1[C@@H]2[C@H](O)C[C@@]2(C)[C@H]1[C@H](O)C[C@@H]2c1ccc(=O)oc1. The third kappa shape index (κ3) is 2.80. The van der Waals surface area contributed by atoms with Gasteiger partial charge in [0, 0.05) is 6.07 Å². The molecule has 1 heterocycles. The summed E-state index contributed by atoms with van der Waals surface area (Å²) < 4.78 is 5.14. The molecule has 0 saturated heterocycles. The molecule has 29 heavy (non-hydrogen) atoms. The summed E-state index contributed by atoms with van der Waals surface area (Å²) in [6, 6.07) is 3.29. The van der Waals surface area contributed by atoms with E-state index in [-0.39, 0.29) is 40.3 Å². The van der Waals surface area contributed by atoms with E-state index in [1.807, 2.05) is 6.07 Å². The Kier molecular flexibility index (Phi) is 4.54. The van der Waals surface area contributed by atoms with Crippen molar-refractivity contribution in [2.75, 3.05) is 0 Å². The smallest absolute Gasteiger partial charge is 0.335 e. The van der Waals surface area contributed by atoms with Gasteiger partial charge in [0.1, 0.15) is 0 Å². The molecule has 0 amide bonds. The van der Waals surface area contributed by atoms with E-state index in [0.717, 1.165) is 37.7 Å². The van der Waals surface area contributed by atoms with E-state index < -0.39 is 12.2 Å². The maximum absolute atomic E-state index is 11.5. The number of hydrogen-bond acceptors (Lipinski definition) is 5. The molecule has 0 radical (unpaired) electrons. The molecule has 1 aromatic rings. The van der Waals surface area contributed by atoms with Crippen LogP contribution in [-0.2, 0) is 0 Å². The van der Waals surface area contributed by atoms with Crippen LogP contribution in [0.5, 0.6) is 0 Å². The largest absolute Gasteiger partial charge is 0.431 e. The van der Waals surface area contributed by atoms with Gasteiger partial charge in [-0.25, -0.2) is 4.79 Å². The fraction of sp³-hybridized carbons (Fsp3) is 0.792. The molecule has 5 heteroatoms. The van der Waals surface area contributed by atoms with E-state index in [4.69, 9.17) is 4.42 Å². The highest BCUT2D eigenvalue weighted by atomic mass is 16.4. The van der Waals surface area contributed by atoms with Gasteiger partial charge >= 0.3 is 5.63 Å². The summed E-state index contributed by atoms with van der Waals surface area (Å²) in [6.45, 7) is 4.55. The number of hydrogen-bond donors (Lipinski definition) is 3. The zero-order chi connectivity index (χ0) is 20.6. The first-order valence-electron chi connectivity index (χ1n) is 11.4. The lowest BCUT2D eigenvalue weighted by Crippen LogP contribution is -2.60. The summed E-state index contributed by atoms with van der Waals surface area (Å²) in [5, 5.41) is 32.9. The molecular weight excluding hydrogens is 368 g/mol. The predicted octanol–water partition coefficient (Wildman–Crippen LogP) is 3.07. The maximum atomic E-state index is 11.5. The summed E-state index contributed by atoms with van der Waals surface area (Å²) in [7, 11) is 0. The van der Waals surface area contributed by atoms with Crippen molar-refractivity contribution >= 4 is 0 Å². The highest BCUT2D eigenvalue weighted by molar-refractivity contribution is 5.25. The van der Waals surface area contributed by atoms with Gasteiger partial charge in [-0.15, -0.1) is 0 Å². The highest BCUT2D eigenvalue weighted by Crippen LogP contribution is 2.68. The minimum Gasteiger partial charge on any atom is -0.431 e. The Bertz CT molecular complexity index is 814. The first-order chi connectivity index (χ1) is 13.7. The van der Waals surface area contributed by atoms with Crippen LogP contribution < -0.4 is 5.63 Å².